The number of urea groups is 1. The van der Waals surface area contributed by atoms with Crippen LogP contribution in [0.1, 0.15) is 80.3 Å². The molecule has 2 aromatic carbocycles. The van der Waals surface area contributed by atoms with Gasteiger partial charge >= 0.3 is 24.5 Å². The predicted octanol–water partition coefficient (Wildman–Crippen LogP) is 8.19. The van der Waals surface area contributed by atoms with E-state index in [9.17, 15) is 40.3 Å². The number of amides is 3. The Labute approximate surface area is 246 Å². The maximum Gasteiger partial charge on any atom is 0.416 e. The molecule has 0 bridgehead atoms. The van der Waals surface area contributed by atoms with E-state index in [0.717, 1.165) is 11.3 Å². The predicted molar refractivity (Wildman–Crippen MR) is 146 cm³/mol. The molecule has 1 aliphatic heterocycles. The van der Waals surface area contributed by atoms with Gasteiger partial charge in [-0.05, 0) is 87.1 Å². The summed E-state index contributed by atoms with van der Waals surface area (Å²) in [7, 11) is 1.31. The summed E-state index contributed by atoms with van der Waals surface area (Å²) in [6.07, 6.45) is -8.66. The molecule has 1 aliphatic rings. The summed E-state index contributed by atoms with van der Waals surface area (Å²) in [5, 5.41) is 2.79. The van der Waals surface area contributed by atoms with Crippen molar-refractivity contribution < 1.29 is 45.1 Å². The number of unbranched alkanes of at least 4 members (excludes halogenated alkanes) is 1. The normalized spacial score (nSPS) is 17.9. The minimum Gasteiger partial charge on any atom is -0.450 e. The van der Waals surface area contributed by atoms with E-state index in [-0.39, 0.29) is 31.2 Å². The number of piperidine rings is 1. The second-order valence-corrected chi connectivity index (χ2v) is 11.3. The van der Waals surface area contributed by atoms with Crippen molar-refractivity contribution in [3.63, 3.8) is 0 Å². The number of carbonyl (C=O) groups is 2. The standard InChI is InChI=1S/C30H36F7N3O3/c1-6-7-12-43-26(41)38-23-10-11-40(25(17-23)24-9-8-22(31)13-18(24)2)27(42)39(5)28(3,4)19-14-20(29(32,33)34)16-21(15-19)30(35,36)37/h8-9,13-16,23,25H,6-7,10-12,17H2,1-5H3,(H,38,41)/t23-,25+/m0/s1. The van der Waals surface area contributed by atoms with Gasteiger partial charge in [0.25, 0.3) is 0 Å². The molecule has 3 amide bonds. The third kappa shape index (κ3) is 8.11. The van der Waals surface area contributed by atoms with Crippen LogP contribution in [0.4, 0.5) is 40.3 Å². The number of nitrogens with one attached hydrogen (secondary N) is 1. The van der Waals surface area contributed by atoms with E-state index in [1.165, 1.54) is 44.0 Å². The monoisotopic (exact) mass is 619 g/mol. The highest BCUT2D eigenvalue weighted by Crippen LogP contribution is 2.41. The molecule has 0 unspecified atom stereocenters. The first-order valence-electron chi connectivity index (χ1n) is 13.9. The van der Waals surface area contributed by atoms with Crippen molar-refractivity contribution in [3.8, 4) is 0 Å². The summed E-state index contributed by atoms with van der Waals surface area (Å²) < 4.78 is 101. The Hall–Kier alpha value is -3.51. The van der Waals surface area contributed by atoms with Gasteiger partial charge in [-0.3, -0.25) is 0 Å². The molecular formula is C30H36F7N3O3. The molecule has 0 spiro atoms. The summed E-state index contributed by atoms with van der Waals surface area (Å²) in [6.45, 7) is 6.66. The second kappa shape index (κ2) is 13.0. The summed E-state index contributed by atoms with van der Waals surface area (Å²) in [5.41, 5.74) is -3.81. The first-order valence-corrected chi connectivity index (χ1v) is 13.9. The van der Waals surface area contributed by atoms with Crippen LogP contribution in [-0.2, 0) is 22.6 Å². The average molecular weight is 620 g/mol. The van der Waals surface area contributed by atoms with Gasteiger partial charge in [-0.15, -0.1) is 0 Å². The third-order valence-electron chi connectivity index (χ3n) is 7.91. The Kier molecular flexibility index (Phi) is 10.3. The Balaban J connectivity index is 1.96. The lowest BCUT2D eigenvalue weighted by molar-refractivity contribution is -0.143. The van der Waals surface area contributed by atoms with Crippen molar-refractivity contribution in [3.05, 3.63) is 70.0 Å². The third-order valence-corrected chi connectivity index (χ3v) is 7.91. The van der Waals surface area contributed by atoms with E-state index in [1.54, 1.807) is 6.92 Å². The molecule has 238 valence electrons. The SMILES string of the molecule is CCCCOC(=O)N[C@H]1CCN(C(=O)N(C)C(C)(C)c2cc(C(F)(F)F)cc(C(F)(F)F)c2)[C@@H](c2ccc(F)cc2C)C1. The average Bonchev–Trinajstić information content (AvgIpc) is 2.91. The topological polar surface area (TPSA) is 61.9 Å². The molecule has 1 fully saturated rings. The molecule has 6 nitrogen and oxygen atoms in total. The fourth-order valence-electron chi connectivity index (χ4n) is 5.08. The van der Waals surface area contributed by atoms with Crippen molar-refractivity contribution in [1.82, 2.24) is 15.1 Å². The maximum absolute atomic E-state index is 14.0. The fourth-order valence-corrected chi connectivity index (χ4v) is 5.08. The van der Waals surface area contributed by atoms with E-state index >= 15 is 0 Å². The Morgan fingerprint density at radius 1 is 1.00 bits per heavy atom. The van der Waals surface area contributed by atoms with Gasteiger partial charge < -0.3 is 19.9 Å². The highest BCUT2D eigenvalue weighted by molar-refractivity contribution is 5.76. The van der Waals surface area contributed by atoms with Crippen LogP contribution in [0.25, 0.3) is 0 Å². The molecule has 0 saturated carbocycles. The van der Waals surface area contributed by atoms with Crippen molar-refractivity contribution in [1.29, 1.82) is 0 Å². The van der Waals surface area contributed by atoms with E-state index in [0.29, 0.717) is 36.1 Å². The number of likely N-dealkylation sites (tertiary alicyclic amines) is 1. The van der Waals surface area contributed by atoms with Crippen LogP contribution in [-0.4, -0.2) is 48.2 Å². The fraction of sp³-hybridized carbons (Fsp3) is 0.533. The summed E-state index contributed by atoms with van der Waals surface area (Å²) >= 11 is 0. The van der Waals surface area contributed by atoms with Crippen LogP contribution >= 0.6 is 0 Å². The zero-order valence-electron chi connectivity index (χ0n) is 24.6. The minimum atomic E-state index is -5.05. The summed E-state index contributed by atoms with van der Waals surface area (Å²) in [4.78, 5) is 28.8. The number of alkyl carbamates (subject to hydrolysis) is 1. The summed E-state index contributed by atoms with van der Waals surface area (Å²) in [5.74, 6) is -0.493. The summed E-state index contributed by atoms with van der Waals surface area (Å²) in [6, 6.07) is 3.55. The molecule has 2 aromatic rings. The molecule has 13 heteroatoms. The van der Waals surface area contributed by atoms with Gasteiger partial charge in [-0.25, -0.2) is 14.0 Å². The zero-order chi connectivity index (χ0) is 32.3. The van der Waals surface area contributed by atoms with E-state index in [2.05, 4.69) is 5.32 Å². The quantitative estimate of drug-likeness (QED) is 0.251. The van der Waals surface area contributed by atoms with E-state index in [4.69, 9.17) is 4.74 Å². The molecule has 0 radical (unpaired) electrons. The van der Waals surface area contributed by atoms with Crippen molar-refractivity contribution in [2.24, 2.45) is 0 Å². The number of hydrogen-bond acceptors (Lipinski definition) is 3. The number of halogens is 7. The lowest BCUT2D eigenvalue weighted by atomic mass is 9.88. The molecular weight excluding hydrogens is 583 g/mol. The second-order valence-electron chi connectivity index (χ2n) is 11.3. The molecule has 1 heterocycles. The first kappa shape index (κ1) is 34.0. The van der Waals surface area contributed by atoms with E-state index in [1.807, 2.05) is 6.92 Å². The van der Waals surface area contributed by atoms with Crippen LogP contribution in [0.3, 0.4) is 0 Å². The van der Waals surface area contributed by atoms with Crippen molar-refractivity contribution in [2.45, 2.75) is 83.4 Å². The van der Waals surface area contributed by atoms with Crippen LogP contribution in [0.5, 0.6) is 0 Å². The first-order chi connectivity index (χ1) is 19.9. The zero-order valence-corrected chi connectivity index (χ0v) is 24.6. The number of alkyl halides is 6. The Morgan fingerprint density at radius 3 is 2.12 bits per heavy atom. The largest absolute Gasteiger partial charge is 0.450 e. The maximum atomic E-state index is 14.0. The molecule has 2 atom stereocenters. The number of carbonyl (C=O) groups excluding carboxylic acids is 2. The van der Waals surface area contributed by atoms with Gasteiger partial charge in [0.05, 0.1) is 29.3 Å². The van der Waals surface area contributed by atoms with E-state index < -0.39 is 59.0 Å². The lowest BCUT2D eigenvalue weighted by Crippen LogP contribution is -2.54. The van der Waals surface area contributed by atoms with Crippen LogP contribution in [0.2, 0.25) is 0 Å². The van der Waals surface area contributed by atoms with Gasteiger partial charge in [-0.2, -0.15) is 26.3 Å². The van der Waals surface area contributed by atoms with Gasteiger partial charge in [0.1, 0.15) is 5.82 Å². The van der Waals surface area contributed by atoms with Crippen molar-refractivity contribution >= 4 is 12.1 Å². The van der Waals surface area contributed by atoms with Gasteiger partial charge in [0.2, 0.25) is 0 Å². The molecule has 43 heavy (non-hydrogen) atoms. The molecule has 0 aromatic heterocycles. The molecule has 1 N–H and O–H groups in total. The molecule has 1 saturated heterocycles. The number of rotatable bonds is 7. The Bertz CT molecular complexity index is 1280. The van der Waals surface area contributed by atoms with Gasteiger partial charge in [-0.1, -0.05) is 19.4 Å². The molecule has 0 aliphatic carbocycles. The lowest BCUT2D eigenvalue weighted by Gasteiger charge is -2.45. The van der Waals surface area contributed by atoms with Crippen LogP contribution in [0.15, 0.2) is 36.4 Å². The minimum absolute atomic E-state index is 0.0414. The van der Waals surface area contributed by atoms with Gasteiger partial charge in [0, 0.05) is 19.6 Å². The Morgan fingerprint density at radius 2 is 1.58 bits per heavy atom. The number of ether oxygens (including phenoxy) is 1. The molecule has 3 rings (SSSR count). The van der Waals surface area contributed by atoms with Crippen LogP contribution in [0, 0.1) is 12.7 Å². The smallest absolute Gasteiger partial charge is 0.416 e. The number of hydrogen-bond donors (Lipinski definition) is 1. The van der Waals surface area contributed by atoms with Gasteiger partial charge in [0.15, 0.2) is 0 Å². The number of nitrogens with zero attached hydrogens (tertiary/aromatic N) is 2. The van der Waals surface area contributed by atoms with Crippen LogP contribution < -0.4 is 5.32 Å². The highest BCUT2D eigenvalue weighted by atomic mass is 19.4. The number of benzene rings is 2. The van der Waals surface area contributed by atoms with Crippen molar-refractivity contribution in [2.75, 3.05) is 20.2 Å². The highest BCUT2D eigenvalue weighted by Gasteiger charge is 2.42. The number of aryl methyl sites for hydroxylation is 1.